The van der Waals surface area contributed by atoms with Crippen molar-refractivity contribution in [1.82, 2.24) is 10.2 Å². The van der Waals surface area contributed by atoms with Crippen molar-refractivity contribution in [2.75, 3.05) is 19.4 Å². The van der Waals surface area contributed by atoms with Gasteiger partial charge in [-0.15, -0.1) is 11.8 Å². The van der Waals surface area contributed by atoms with Gasteiger partial charge in [0.2, 0.25) is 5.91 Å². The van der Waals surface area contributed by atoms with E-state index in [-0.39, 0.29) is 5.91 Å². The fourth-order valence-corrected chi connectivity index (χ4v) is 6.72. The fraction of sp³-hybridized carbons (Fsp3) is 0.469. The average Bonchev–Trinajstić information content (AvgIpc) is 3.33. The van der Waals surface area contributed by atoms with Crippen LogP contribution in [-0.2, 0) is 23.8 Å². The summed E-state index contributed by atoms with van der Waals surface area (Å²) in [5, 5.41) is 2.80. The molecular formula is C32H40N2O5S. The van der Waals surface area contributed by atoms with E-state index in [1.807, 2.05) is 18.2 Å². The van der Waals surface area contributed by atoms with Crippen molar-refractivity contribution in [2.24, 2.45) is 0 Å². The molecule has 2 aliphatic rings. The molecule has 0 radical (unpaired) electrons. The monoisotopic (exact) mass is 564 g/mol. The summed E-state index contributed by atoms with van der Waals surface area (Å²) in [4.78, 5) is 41.5. The Labute approximate surface area is 241 Å². The number of nitrogens with zero attached hydrogens (tertiary/aromatic N) is 1. The van der Waals surface area contributed by atoms with Gasteiger partial charge in [-0.2, -0.15) is 0 Å². The number of carbonyl (C=O) groups is 3. The lowest BCUT2D eigenvalue weighted by Gasteiger charge is -2.31. The van der Waals surface area contributed by atoms with E-state index < -0.39 is 34.5 Å². The van der Waals surface area contributed by atoms with Crippen molar-refractivity contribution in [3.8, 4) is 11.1 Å². The van der Waals surface area contributed by atoms with E-state index in [1.54, 1.807) is 37.4 Å². The van der Waals surface area contributed by atoms with Crippen LogP contribution >= 0.6 is 11.8 Å². The van der Waals surface area contributed by atoms with Crippen molar-refractivity contribution in [1.29, 1.82) is 0 Å². The highest BCUT2D eigenvalue weighted by Gasteiger charge is 2.51. The van der Waals surface area contributed by atoms with Crippen LogP contribution in [0, 0.1) is 0 Å². The molecule has 2 amide bonds. The summed E-state index contributed by atoms with van der Waals surface area (Å²) in [7, 11) is 1.35. The SMILES string of the molecule is COC(=O)[C@@H]1C[C@@]2(c3ccc(-c4ccccc4)cc3)CN1C(=O)[C@@H](NC(=O)OC(C)(C)C)CCCCC=CCS2. The highest BCUT2D eigenvalue weighted by atomic mass is 32.2. The molecule has 214 valence electrons. The standard InChI is InChI=1S/C32H40N2O5S/c1-31(2,3)39-30(37)33-26-15-11-6-5-7-12-20-40-32(21-27(29(36)38-4)34(22-32)28(26)35)25-18-16-24(17-19-25)23-13-9-8-10-14-23/h7-10,12-14,16-19,26-27H,5-6,11,15,20-22H2,1-4H3,(H,33,37)/t26-,27-,32-/m0/s1. The number of rotatable bonds is 4. The second-order valence-electron chi connectivity index (χ2n) is 11.4. The minimum atomic E-state index is -0.798. The first-order valence-corrected chi connectivity index (χ1v) is 14.9. The molecular weight excluding hydrogens is 524 g/mol. The Hall–Kier alpha value is -3.26. The third-order valence-corrected chi connectivity index (χ3v) is 8.77. The molecule has 2 aliphatic heterocycles. The van der Waals surface area contributed by atoms with Crippen LogP contribution in [0.4, 0.5) is 4.79 Å². The molecule has 0 aromatic heterocycles. The van der Waals surface area contributed by atoms with E-state index in [9.17, 15) is 14.4 Å². The van der Waals surface area contributed by atoms with Crippen LogP contribution in [0.1, 0.15) is 58.4 Å². The van der Waals surface area contributed by atoms with Crippen LogP contribution in [0.25, 0.3) is 11.1 Å². The van der Waals surface area contributed by atoms with Crippen molar-refractivity contribution >= 4 is 29.7 Å². The number of amides is 2. The van der Waals surface area contributed by atoms with E-state index in [2.05, 4.69) is 53.9 Å². The molecule has 2 heterocycles. The quantitative estimate of drug-likeness (QED) is 0.358. The summed E-state index contributed by atoms with van der Waals surface area (Å²) >= 11 is 1.74. The summed E-state index contributed by atoms with van der Waals surface area (Å²) < 4.78 is 10.1. The number of benzene rings is 2. The average molecular weight is 565 g/mol. The number of methoxy groups -OCH3 is 1. The van der Waals surface area contributed by atoms with Gasteiger partial charge in [0.05, 0.1) is 11.9 Å². The molecule has 0 unspecified atom stereocenters. The second-order valence-corrected chi connectivity index (χ2v) is 12.8. The maximum Gasteiger partial charge on any atom is 0.408 e. The molecule has 2 aromatic rings. The van der Waals surface area contributed by atoms with Crippen LogP contribution in [0.3, 0.4) is 0 Å². The Morgan fingerprint density at radius 3 is 2.38 bits per heavy atom. The predicted molar refractivity (Wildman–Crippen MR) is 159 cm³/mol. The number of ether oxygens (including phenoxy) is 2. The lowest BCUT2D eigenvalue weighted by molar-refractivity contribution is -0.151. The van der Waals surface area contributed by atoms with Gasteiger partial charge in [0.1, 0.15) is 17.7 Å². The molecule has 2 bridgehead atoms. The fourth-order valence-electron chi connectivity index (χ4n) is 5.36. The Morgan fingerprint density at radius 1 is 1.00 bits per heavy atom. The molecule has 0 spiro atoms. The number of fused-ring (bicyclic) bond motifs is 2. The van der Waals surface area contributed by atoms with Crippen LogP contribution in [-0.4, -0.2) is 60.0 Å². The molecule has 0 saturated carbocycles. The van der Waals surface area contributed by atoms with Gasteiger partial charge in [0.25, 0.3) is 0 Å². The molecule has 7 nitrogen and oxygen atoms in total. The number of carbonyl (C=O) groups excluding carboxylic acids is 3. The molecule has 0 aliphatic carbocycles. The summed E-state index contributed by atoms with van der Waals surface area (Å²) in [5.74, 6) is 0.0305. The van der Waals surface area contributed by atoms with Gasteiger partial charge in [-0.05, 0) is 63.1 Å². The largest absolute Gasteiger partial charge is 0.467 e. The Kier molecular flexibility index (Phi) is 9.61. The van der Waals surface area contributed by atoms with Crippen LogP contribution in [0.5, 0.6) is 0 Å². The van der Waals surface area contributed by atoms with Crippen LogP contribution < -0.4 is 5.32 Å². The zero-order chi connectivity index (χ0) is 28.8. The maximum absolute atomic E-state index is 14.1. The van der Waals surface area contributed by atoms with E-state index >= 15 is 0 Å². The first-order chi connectivity index (χ1) is 19.1. The van der Waals surface area contributed by atoms with Gasteiger partial charge in [-0.3, -0.25) is 4.79 Å². The Balaban J connectivity index is 1.69. The highest BCUT2D eigenvalue weighted by molar-refractivity contribution is 8.00. The van der Waals surface area contributed by atoms with Crippen molar-refractivity contribution in [2.45, 2.75) is 75.3 Å². The third-order valence-electron chi connectivity index (χ3n) is 7.32. The molecule has 1 fully saturated rings. The third kappa shape index (κ3) is 7.27. The molecule has 2 aromatic carbocycles. The van der Waals surface area contributed by atoms with Gasteiger partial charge in [-0.1, -0.05) is 73.2 Å². The first kappa shape index (κ1) is 29.7. The van der Waals surface area contributed by atoms with Crippen LogP contribution in [0.15, 0.2) is 66.7 Å². The number of thioether (sulfide) groups is 1. The Bertz CT molecular complexity index is 1210. The number of hydrogen-bond donors (Lipinski definition) is 1. The Morgan fingerprint density at radius 2 is 1.70 bits per heavy atom. The summed E-state index contributed by atoms with van der Waals surface area (Å²) in [6, 6.07) is 17.0. The number of nitrogens with one attached hydrogen (secondary N) is 1. The smallest absolute Gasteiger partial charge is 0.408 e. The zero-order valence-corrected chi connectivity index (χ0v) is 24.7. The summed E-state index contributed by atoms with van der Waals surface area (Å²) in [6.45, 7) is 5.69. The van der Waals surface area contributed by atoms with Gasteiger partial charge >= 0.3 is 12.1 Å². The van der Waals surface area contributed by atoms with Gasteiger partial charge < -0.3 is 19.7 Å². The zero-order valence-electron chi connectivity index (χ0n) is 23.9. The summed E-state index contributed by atoms with van der Waals surface area (Å²) in [5.41, 5.74) is 2.60. The number of allylic oxidation sites excluding steroid dienone is 1. The first-order valence-electron chi connectivity index (χ1n) is 13.9. The van der Waals surface area contributed by atoms with Gasteiger partial charge in [0, 0.05) is 12.3 Å². The molecule has 40 heavy (non-hydrogen) atoms. The van der Waals surface area contributed by atoms with E-state index in [4.69, 9.17) is 9.47 Å². The number of esters is 1. The second kappa shape index (κ2) is 12.9. The van der Waals surface area contributed by atoms with Gasteiger partial charge in [-0.25, -0.2) is 9.59 Å². The van der Waals surface area contributed by atoms with Gasteiger partial charge in [0.15, 0.2) is 0 Å². The number of hydrogen-bond acceptors (Lipinski definition) is 6. The number of alkyl carbamates (subject to hydrolysis) is 1. The maximum atomic E-state index is 14.1. The van der Waals surface area contributed by atoms with E-state index in [1.165, 1.54) is 7.11 Å². The predicted octanol–water partition coefficient (Wildman–Crippen LogP) is 6.08. The topological polar surface area (TPSA) is 84.9 Å². The lowest BCUT2D eigenvalue weighted by atomic mass is 9.93. The summed E-state index contributed by atoms with van der Waals surface area (Å²) in [6.07, 6.45) is 7.16. The molecule has 3 atom stereocenters. The highest BCUT2D eigenvalue weighted by Crippen LogP contribution is 2.48. The lowest BCUT2D eigenvalue weighted by Crippen LogP contribution is -2.52. The molecule has 8 heteroatoms. The van der Waals surface area contributed by atoms with Crippen molar-refractivity contribution in [3.05, 3.63) is 72.3 Å². The van der Waals surface area contributed by atoms with E-state index in [0.717, 1.165) is 41.7 Å². The van der Waals surface area contributed by atoms with Crippen LogP contribution in [0.2, 0.25) is 0 Å². The molecule has 1 N–H and O–H groups in total. The van der Waals surface area contributed by atoms with Crippen molar-refractivity contribution in [3.63, 3.8) is 0 Å². The minimum absolute atomic E-state index is 0.281. The minimum Gasteiger partial charge on any atom is -0.467 e. The normalized spacial score (nSPS) is 23.9. The van der Waals surface area contributed by atoms with E-state index in [0.29, 0.717) is 19.4 Å². The molecule has 4 rings (SSSR count). The van der Waals surface area contributed by atoms with Crippen molar-refractivity contribution < 1.29 is 23.9 Å². The molecule has 1 saturated heterocycles.